The first-order valence-corrected chi connectivity index (χ1v) is 11.2. The second-order valence-electron chi connectivity index (χ2n) is 6.98. The topological polar surface area (TPSA) is 58.0 Å². The molecule has 4 heterocycles. The van der Waals surface area contributed by atoms with Gasteiger partial charge < -0.3 is 9.80 Å². The van der Waals surface area contributed by atoms with Crippen LogP contribution in [0.4, 0.5) is 10.9 Å². The molecular weight excluding hydrogens is 400 g/mol. The Morgan fingerprint density at radius 2 is 1.59 bits per heavy atom. The van der Waals surface area contributed by atoms with Crippen molar-refractivity contribution in [3.8, 4) is 21.1 Å². The SMILES string of the molecule is Cc1ccc(-c2ccc(N3CCN(c4nnc(-c5cccs5)s4)CC3)nn2)cc1. The molecule has 0 bridgehead atoms. The van der Waals surface area contributed by atoms with Crippen LogP contribution in [0, 0.1) is 6.92 Å². The van der Waals surface area contributed by atoms with Crippen molar-refractivity contribution in [3.63, 3.8) is 0 Å². The Balaban J connectivity index is 1.23. The van der Waals surface area contributed by atoms with Gasteiger partial charge in [-0.05, 0) is 30.5 Å². The maximum absolute atomic E-state index is 4.47. The summed E-state index contributed by atoms with van der Waals surface area (Å²) in [4.78, 5) is 5.76. The fourth-order valence-corrected chi connectivity index (χ4v) is 5.03. The van der Waals surface area contributed by atoms with Gasteiger partial charge in [0.25, 0.3) is 0 Å². The molecule has 0 saturated carbocycles. The van der Waals surface area contributed by atoms with Crippen LogP contribution in [0.2, 0.25) is 0 Å². The number of piperazine rings is 1. The lowest BCUT2D eigenvalue weighted by Gasteiger charge is -2.34. The highest BCUT2D eigenvalue weighted by molar-refractivity contribution is 7.22. The highest BCUT2D eigenvalue weighted by Gasteiger charge is 2.21. The maximum Gasteiger partial charge on any atom is 0.208 e. The smallest absolute Gasteiger partial charge is 0.208 e. The Kier molecular flexibility index (Phi) is 4.95. The molecule has 0 unspecified atom stereocenters. The van der Waals surface area contributed by atoms with E-state index in [2.05, 4.69) is 85.0 Å². The van der Waals surface area contributed by atoms with Gasteiger partial charge in [-0.2, -0.15) is 0 Å². The van der Waals surface area contributed by atoms with E-state index < -0.39 is 0 Å². The van der Waals surface area contributed by atoms with Crippen LogP contribution in [-0.2, 0) is 0 Å². The average Bonchev–Trinajstić information content (AvgIpc) is 3.47. The molecule has 1 aromatic carbocycles. The van der Waals surface area contributed by atoms with E-state index in [0.29, 0.717) is 0 Å². The fourth-order valence-electron chi connectivity index (χ4n) is 3.34. The lowest BCUT2D eigenvalue weighted by Crippen LogP contribution is -2.46. The Bertz CT molecular complexity index is 1070. The molecule has 0 amide bonds. The lowest BCUT2D eigenvalue weighted by atomic mass is 10.1. The average molecular weight is 421 g/mol. The highest BCUT2D eigenvalue weighted by Crippen LogP contribution is 2.32. The van der Waals surface area contributed by atoms with Crippen LogP contribution in [0.5, 0.6) is 0 Å². The zero-order chi connectivity index (χ0) is 19.6. The molecule has 0 aliphatic carbocycles. The van der Waals surface area contributed by atoms with Crippen LogP contribution in [0.3, 0.4) is 0 Å². The minimum atomic E-state index is 0.895. The van der Waals surface area contributed by atoms with E-state index in [9.17, 15) is 0 Å². The van der Waals surface area contributed by atoms with Crippen LogP contribution in [-0.4, -0.2) is 46.6 Å². The first-order valence-electron chi connectivity index (χ1n) is 9.54. The van der Waals surface area contributed by atoms with E-state index in [1.165, 1.54) is 10.4 Å². The van der Waals surface area contributed by atoms with Gasteiger partial charge in [-0.15, -0.1) is 31.7 Å². The molecule has 29 heavy (non-hydrogen) atoms. The summed E-state index contributed by atoms with van der Waals surface area (Å²) < 4.78 is 0. The van der Waals surface area contributed by atoms with Crippen LogP contribution < -0.4 is 9.80 Å². The van der Waals surface area contributed by atoms with Gasteiger partial charge in [0, 0.05) is 31.7 Å². The standard InChI is InChI=1S/C21H20N6S2/c1-15-4-6-16(7-5-15)17-8-9-19(23-22-17)26-10-12-27(13-11-26)21-25-24-20(29-21)18-3-2-14-28-18/h2-9,14H,10-13H2,1H3. The number of hydrogen-bond donors (Lipinski definition) is 0. The number of benzene rings is 1. The molecule has 5 rings (SSSR count). The van der Waals surface area contributed by atoms with Crippen molar-refractivity contribution in [2.45, 2.75) is 6.92 Å². The summed E-state index contributed by atoms with van der Waals surface area (Å²) in [6.07, 6.45) is 0. The van der Waals surface area contributed by atoms with Gasteiger partial charge in [0.2, 0.25) is 5.13 Å². The second kappa shape index (κ2) is 7.88. The van der Waals surface area contributed by atoms with Crippen molar-refractivity contribution in [1.29, 1.82) is 0 Å². The molecule has 0 atom stereocenters. The van der Waals surface area contributed by atoms with Crippen LogP contribution in [0.25, 0.3) is 21.1 Å². The summed E-state index contributed by atoms with van der Waals surface area (Å²) in [5.74, 6) is 0.928. The first kappa shape index (κ1) is 18.2. The molecule has 6 nitrogen and oxygen atoms in total. The fraction of sp³-hybridized carbons (Fsp3) is 0.238. The van der Waals surface area contributed by atoms with Crippen LogP contribution in [0.15, 0.2) is 53.9 Å². The van der Waals surface area contributed by atoms with Crippen molar-refractivity contribution in [3.05, 3.63) is 59.5 Å². The van der Waals surface area contributed by atoms with E-state index in [1.807, 2.05) is 6.07 Å². The molecule has 1 saturated heterocycles. The van der Waals surface area contributed by atoms with E-state index in [0.717, 1.165) is 53.4 Å². The van der Waals surface area contributed by atoms with Crippen molar-refractivity contribution < 1.29 is 0 Å². The number of aromatic nitrogens is 4. The van der Waals surface area contributed by atoms with E-state index in [-0.39, 0.29) is 0 Å². The first-order chi connectivity index (χ1) is 14.3. The van der Waals surface area contributed by atoms with Crippen molar-refractivity contribution in [1.82, 2.24) is 20.4 Å². The Morgan fingerprint density at radius 1 is 0.793 bits per heavy atom. The third-order valence-corrected chi connectivity index (χ3v) is 7.04. The molecule has 0 N–H and O–H groups in total. The van der Waals surface area contributed by atoms with Gasteiger partial charge in [0.05, 0.1) is 10.6 Å². The maximum atomic E-state index is 4.47. The summed E-state index contributed by atoms with van der Waals surface area (Å²) in [5.41, 5.74) is 3.24. The number of nitrogens with zero attached hydrogens (tertiary/aromatic N) is 6. The van der Waals surface area contributed by atoms with Crippen LogP contribution >= 0.6 is 22.7 Å². The third kappa shape index (κ3) is 3.86. The second-order valence-corrected chi connectivity index (χ2v) is 8.89. The van der Waals surface area contributed by atoms with Gasteiger partial charge in [-0.25, -0.2) is 0 Å². The van der Waals surface area contributed by atoms with Crippen molar-refractivity contribution in [2.75, 3.05) is 36.0 Å². The van der Waals surface area contributed by atoms with E-state index >= 15 is 0 Å². The van der Waals surface area contributed by atoms with Crippen molar-refractivity contribution >= 4 is 33.6 Å². The summed E-state index contributed by atoms with van der Waals surface area (Å²) in [5, 5.41) is 21.7. The number of thiophene rings is 1. The molecular formula is C21H20N6S2. The predicted octanol–water partition coefficient (Wildman–Crippen LogP) is 4.36. The van der Waals surface area contributed by atoms with Gasteiger partial charge in [0.1, 0.15) is 0 Å². The van der Waals surface area contributed by atoms with Gasteiger partial charge in [0.15, 0.2) is 10.8 Å². The van der Waals surface area contributed by atoms with Gasteiger partial charge >= 0.3 is 0 Å². The number of anilines is 2. The molecule has 1 fully saturated rings. The lowest BCUT2D eigenvalue weighted by molar-refractivity contribution is 0.640. The molecule has 1 aliphatic rings. The molecule has 146 valence electrons. The predicted molar refractivity (Wildman–Crippen MR) is 120 cm³/mol. The van der Waals surface area contributed by atoms with Crippen LogP contribution in [0.1, 0.15) is 5.56 Å². The Morgan fingerprint density at radius 3 is 2.28 bits per heavy atom. The number of aryl methyl sites for hydroxylation is 1. The molecule has 1 aliphatic heterocycles. The number of rotatable bonds is 4. The normalized spacial score (nSPS) is 14.4. The summed E-state index contributed by atoms with van der Waals surface area (Å²) >= 11 is 3.36. The largest absolute Gasteiger partial charge is 0.352 e. The molecule has 0 spiro atoms. The zero-order valence-electron chi connectivity index (χ0n) is 16.0. The molecule has 4 aromatic rings. The molecule has 3 aromatic heterocycles. The van der Waals surface area contributed by atoms with E-state index in [4.69, 9.17) is 0 Å². The number of hydrogen-bond acceptors (Lipinski definition) is 8. The Labute approximate surface area is 177 Å². The third-order valence-electron chi connectivity index (χ3n) is 5.02. The minimum absolute atomic E-state index is 0.895. The monoisotopic (exact) mass is 420 g/mol. The molecule has 0 radical (unpaired) electrons. The summed E-state index contributed by atoms with van der Waals surface area (Å²) in [6.45, 7) is 5.68. The summed E-state index contributed by atoms with van der Waals surface area (Å²) in [6, 6.07) is 16.6. The quantitative estimate of drug-likeness (QED) is 0.489. The van der Waals surface area contributed by atoms with Gasteiger partial charge in [-0.1, -0.05) is 47.2 Å². The van der Waals surface area contributed by atoms with E-state index in [1.54, 1.807) is 22.7 Å². The van der Waals surface area contributed by atoms with Gasteiger partial charge in [-0.3, -0.25) is 0 Å². The zero-order valence-corrected chi connectivity index (χ0v) is 17.7. The Hall–Kier alpha value is -2.84. The minimum Gasteiger partial charge on any atom is -0.352 e. The molecule has 8 heteroatoms. The summed E-state index contributed by atoms with van der Waals surface area (Å²) in [7, 11) is 0. The highest BCUT2D eigenvalue weighted by atomic mass is 32.1. The van der Waals surface area contributed by atoms with Crippen molar-refractivity contribution in [2.24, 2.45) is 0 Å².